The zero-order valence-electron chi connectivity index (χ0n) is 12.0. The first-order valence-electron chi connectivity index (χ1n) is 6.09. The Labute approximate surface area is 113 Å². The number of methoxy groups -OCH3 is 1. The Balaban J connectivity index is 2.91. The summed E-state index contributed by atoms with van der Waals surface area (Å²) in [6.07, 6.45) is -1.28. The molecule has 19 heavy (non-hydrogen) atoms. The molecule has 2 N–H and O–H groups in total. The molecular formula is C14H21NO4. The van der Waals surface area contributed by atoms with Crippen LogP contribution in [0.15, 0.2) is 18.2 Å². The molecule has 1 aromatic rings. The number of rotatable bonds is 3. The number of nitrogens with one attached hydrogen (secondary N) is 1. The van der Waals surface area contributed by atoms with E-state index in [0.717, 1.165) is 0 Å². The molecule has 0 aliphatic carbocycles. The minimum absolute atomic E-state index is 0.505. The minimum Gasteiger partial charge on any atom is -0.497 e. The first-order chi connectivity index (χ1) is 8.73. The van der Waals surface area contributed by atoms with Crippen LogP contribution in [0.4, 0.5) is 10.5 Å². The molecule has 0 fully saturated rings. The van der Waals surface area contributed by atoms with Crippen molar-refractivity contribution in [3.63, 3.8) is 0 Å². The number of anilines is 1. The van der Waals surface area contributed by atoms with Crippen molar-refractivity contribution in [2.24, 2.45) is 0 Å². The maximum Gasteiger partial charge on any atom is 0.412 e. The van der Waals surface area contributed by atoms with Gasteiger partial charge in [-0.3, -0.25) is 5.32 Å². The Bertz CT molecular complexity index is 449. The Morgan fingerprint density at radius 2 is 2.00 bits per heavy atom. The SMILES string of the molecule is COc1ccc(NC(=O)OC(C)(C)C)c([C@@H](C)O)c1. The van der Waals surface area contributed by atoms with Gasteiger partial charge in [0.2, 0.25) is 0 Å². The van der Waals surface area contributed by atoms with Gasteiger partial charge in [0.25, 0.3) is 0 Å². The fourth-order valence-electron chi connectivity index (χ4n) is 1.54. The van der Waals surface area contributed by atoms with Crippen LogP contribution in [0.25, 0.3) is 0 Å². The van der Waals surface area contributed by atoms with Crippen LogP contribution in [0.1, 0.15) is 39.4 Å². The molecule has 1 rings (SSSR count). The van der Waals surface area contributed by atoms with E-state index in [9.17, 15) is 9.90 Å². The zero-order chi connectivity index (χ0) is 14.6. The summed E-state index contributed by atoms with van der Waals surface area (Å²) in [5.74, 6) is 0.616. The number of aliphatic hydroxyl groups is 1. The normalized spacial score (nSPS) is 12.7. The van der Waals surface area contributed by atoms with Crippen LogP contribution in [-0.4, -0.2) is 23.9 Å². The number of carbonyl (C=O) groups excluding carboxylic acids is 1. The number of hydrogen-bond donors (Lipinski definition) is 2. The van der Waals surface area contributed by atoms with E-state index >= 15 is 0 Å². The van der Waals surface area contributed by atoms with E-state index in [1.807, 2.05) is 0 Å². The van der Waals surface area contributed by atoms with E-state index in [-0.39, 0.29) is 0 Å². The number of aliphatic hydroxyl groups excluding tert-OH is 1. The van der Waals surface area contributed by atoms with Gasteiger partial charge in [-0.15, -0.1) is 0 Å². The fraction of sp³-hybridized carbons (Fsp3) is 0.500. The molecule has 106 valence electrons. The lowest BCUT2D eigenvalue weighted by molar-refractivity contribution is 0.0635. The van der Waals surface area contributed by atoms with Crippen molar-refractivity contribution in [1.29, 1.82) is 0 Å². The highest BCUT2D eigenvalue weighted by Crippen LogP contribution is 2.27. The van der Waals surface area contributed by atoms with Crippen LogP contribution < -0.4 is 10.1 Å². The number of hydrogen-bond acceptors (Lipinski definition) is 4. The Kier molecular flexibility index (Phi) is 4.78. The molecule has 0 saturated heterocycles. The zero-order valence-corrected chi connectivity index (χ0v) is 12.0. The predicted octanol–water partition coefficient (Wildman–Crippen LogP) is 3.10. The first-order valence-corrected chi connectivity index (χ1v) is 6.09. The van der Waals surface area contributed by atoms with Crippen LogP contribution in [0.5, 0.6) is 5.75 Å². The third-order valence-electron chi connectivity index (χ3n) is 2.34. The molecule has 0 heterocycles. The second-order valence-electron chi connectivity index (χ2n) is 5.26. The van der Waals surface area contributed by atoms with Crippen molar-refractivity contribution in [3.8, 4) is 5.75 Å². The summed E-state index contributed by atoms with van der Waals surface area (Å²) in [5.41, 5.74) is 0.511. The molecule has 5 nitrogen and oxygen atoms in total. The standard InChI is InChI=1S/C14H21NO4/c1-9(16)11-8-10(18-5)6-7-12(11)15-13(17)19-14(2,3)4/h6-9,16H,1-5H3,(H,15,17)/t9-/m1/s1. The summed E-state index contributed by atoms with van der Waals surface area (Å²) in [6, 6.07) is 5.06. The molecule has 5 heteroatoms. The molecule has 0 spiro atoms. The molecule has 0 aliphatic rings. The summed E-state index contributed by atoms with van der Waals surface area (Å²) in [5, 5.41) is 12.3. The molecule has 0 aromatic heterocycles. The van der Waals surface area contributed by atoms with Gasteiger partial charge < -0.3 is 14.6 Å². The maximum absolute atomic E-state index is 11.7. The van der Waals surface area contributed by atoms with E-state index < -0.39 is 17.8 Å². The van der Waals surface area contributed by atoms with Crippen molar-refractivity contribution in [1.82, 2.24) is 0 Å². The summed E-state index contributed by atoms with van der Waals surface area (Å²) in [4.78, 5) is 11.7. The largest absolute Gasteiger partial charge is 0.497 e. The lowest BCUT2D eigenvalue weighted by Gasteiger charge is -2.21. The van der Waals surface area contributed by atoms with Crippen LogP contribution >= 0.6 is 0 Å². The van der Waals surface area contributed by atoms with Crippen molar-refractivity contribution >= 4 is 11.8 Å². The van der Waals surface area contributed by atoms with Crippen molar-refractivity contribution in [2.45, 2.75) is 39.4 Å². The van der Waals surface area contributed by atoms with Gasteiger partial charge in [-0.05, 0) is 45.9 Å². The van der Waals surface area contributed by atoms with E-state index in [2.05, 4.69) is 5.32 Å². The molecule has 0 aliphatic heterocycles. The van der Waals surface area contributed by atoms with Crippen molar-refractivity contribution in [2.75, 3.05) is 12.4 Å². The number of amides is 1. The van der Waals surface area contributed by atoms with Gasteiger partial charge in [-0.2, -0.15) is 0 Å². The van der Waals surface area contributed by atoms with Gasteiger partial charge >= 0.3 is 6.09 Å². The van der Waals surface area contributed by atoms with E-state index in [4.69, 9.17) is 9.47 Å². The lowest BCUT2D eigenvalue weighted by Crippen LogP contribution is -2.27. The highest BCUT2D eigenvalue weighted by Gasteiger charge is 2.18. The van der Waals surface area contributed by atoms with E-state index in [1.54, 1.807) is 53.0 Å². The quantitative estimate of drug-likeness (QED) is 0.883. The number of benzene rings is 1. The second-order valence-corrected chi connectivity index (χ2v) is 5.26. The van der Waals surface area contributed by atoms with Gasteiger partial charge in [0.05, 0.1) is 18.9 Å². The Morgan fingerprint density at radius 3 is 2.47 bits per heavy atom. The molecule has 1 aromatic carbocycles. The van der Waals surface area contributed by atoms with Crippen LogP contribution in [0.2, 0.25) is 0 Å². The molecular weight excluding hydrogens is 246 g/mol. The highest BCUT2D eigenvalue weighted by molar-refractivity contribution is 5.86. The molecule has 0 bridgehead atoms. The van der Waals surface area contributed by atoms with Crippen molar-refractivity contribution < 1.29 is 19.4 Å². The van der Waals surface area contributed by atoms with Gasteiger partial charge in [0.1, 0.15) is 11.4 Å². The minimum atomic E-state index is -0.722. The van der Waals surface area contributed by atoms with E-state index in [0.29, 0.717) is 17.0 Å². The Hall–Kier alpha value is -1.75. The van der Waals surface area contributed by atoms with Crippen molar-refractivity contribution in [3.05, 3.63) is 23.8 Å². The fourth-order valence-corrected chi connectivity index (χ4v) is 1.54. The monoisotopic (exact) mass is 267 g/mol. The molecule has 1 amide bonds. The summed E-state index contributed by atoms with van der Waals surface area (Å²) in [7, 11) is 1.54. The molecule has 1 atom stereocenters. The summed E-state index contributed by atoms with van der Waals surface area (Å²) in [6.45, 7) is 6.98. The molecule has 0 radical (unpaired) electrons. The summed E-state index contributed by atoms with van der Waals surface area (Å²) < 4.78 is 10.3. The average Bonchev–Trinajstić information content (AvgIpc) is 2.26. The Morgan fingerprint density at radius 1 is 1.37 bits per heavy atom. The molecule has 0 saturated carbocycles. The van der Waals surface area contributed by atoms with Crippen LogP contribution in [-0.2, 0) is 4.74 Å². The average molecular weight is 267 g/mol. The second kappa shape index (κ2) is 5.93. The number of carbonyl (C=O) groups is 1. The smallest absolute Gasteiger partial charge is 0.412 e. The number of ether oxygens (including phenoxy) is 2. The molecule has 0 unspecified atom stereocenters. The van der Waals surface area contributed by atoms with Gasteiger partial charge in [-0.25, -0.2) is 4.79 Å². The van der Waals surface area contributed by atoms with Gasteiger partial charge in [-0.1, -0.05) is 0 Å². The third kappa shape index (κ3) is 4.79. The van der Waals surface area contributed by atoms with E-state index in [1.165, 1.54) is 0 Å². The van der Waals surface area contributed by atoms with Crippen LogP contribution in [0, 0.1) is 0 Å². The predicted molar refractivity (Wildman–Crippen MR) is 73.5 cm³/mol. The maximum atomic E-state index is 11.7. The summed E-state index contributed by atoms with van der Waals surface area (Å²) >= 11 is 0. The van der Waals surface area contributed by atoms with Gasteiger partial charge in [0, 0.05) is 5.56 Å². The highest BCUT2D eigenvalue weighted by atomic mass is 16.6. The topological polar surface area (TPSA) is 67.8 Å². The first kappa shape index (κ1) is 15.3. The van der Waals surface area contributed by atoms with Gasteiger partial charge in [0.15, 0.2) is 0 Å². The lowest BCUT2D eigenvalue weighted by atomic mass is 10.1. The van der Waals surface area contributed by atoms with Crippen LogP contribution in [0.3, 0.4) is 0 Å². The third-order valence-corrected chi connectivity index (χ3v) is 2.34.